The van der Waals surface area contributed by atoms with Crippen molar-refractivity contribution in [3.63, 3.8) is 0 Å². The summed E-state index contributed by atoms with van der Waals surface area (Å²) in [6.07, 6.45) is 0. The Kier molecular flexibility index (Phi) is 5.61. The molecular weight excluding hydrogens is 342 g/mol. The highest BCUT2D eigenvalue weighted by molar-refractivity contribution is 9.10. The third-order valence-electron chi connectivity index (χ3n) is 2.68. The number of aliphatic hydroxyl groups is 1. The van der Waals surface area contributed by atoms with Crippen LogP contribution in [-0.4, -0.2) is 26.2 Å². The molecule has 0 aliphatic rings. The van der Waals surface area contributed by atoms with Gasteiger partial charge in [0.15, 0.2) is 0 Å². The molecule has 0 heterocycles. The summed E-state index contributed by atoms with van der Waals surface area (Å²) in [4.78, 5) is 0.135. The van der Waals surface area contributed by atoms with Gasteiger partial charge < -0.3 is 5.11 Å². The van der Waals surface area contributed by atoms with Crippen molar-refractivity contribution in [2.75, 3.05) is 6.61 Å². The number of benzene rings is 1. The van der Waals surface area contributed by atoms with Crippen LogP contribution in [0, 0.1) is 5.92 Å². The van der Waals surface area contributed by atoms with Gasteiger partial charge in [-0.25, -0.2) is 13.1 Å². The molecule has 1 aromatic carbocycles. The molecule has 0 aliphatic heterocycles. The van der Waals surface area contributed by atoms with E-state index in [1.165, 1.54) is 18.2 Å². The first-order valence-corrected chi connectivity index (χ1v) is 8.01. The van der Waals surface area contributed by atoms with E-state index in [9.17, 15) is 8.42 Å². The molecule has 0 spiro atoms. The zero-order valence-corrected chi connectivity index (χ0v) is 13.2. The second-order valence-electron chi connectivity index (χ2n) is 4.15. The Hall–Kier alpha value is -0.140. The molecule has 0 amide bonds. The zero-order valence-electron chi connectivity index (χ0n) is 10.0. The minimum atomic E-state index is -3.60. The largest absolute Gasteiger partial charge is 0.396 e. The first-order chi connectivity index (χ1) is 8.27. The lowest BCUT2D eigenvalue weighted by Gasteiger charge is -2.19. The molecule has 4 nitrogen and oxygen atoms in total. The van der Waals surface area contributed by atoms with E-state index < -0.39 is 10.0 Å². The van der Waals surface area contributed by atoms with Crippen LogP contribution in [-0.2, 0) is 10.0 Å². The third-order valence-corrected chi connectivity index (χ3v) is 5.45. The number of sulfonamides is 1. The maximum atomic E-state index is 12.1. The fourth-order valence-electron chi connectivity index (χ4n) is 1.23. The van der Waals surface area contributed by atoms with Crippen molar-refractivity contribution in [2.24, 2.45) is 5.92 Å². The highest BCUT2D eigenvalue weighted by Crippen LogP contribution is 2.25. The Balaban J connectivity index is 2.96. The zero-order chi connectivity index (χ0) is 13.9. The lowest BCUT2D eigenvalue weighted by molar-refractivity contribution is 0.216. The molecule has 0 saturated heterocycles. The maximum Gasteiger partial charge on any atom is 0.240 e. The van der Waals surface area contributed by atoms with Crippen LogP contribution in [0.15, 0.2) is 27.6 Å². The van der Waals surface area contributed by atoms with Gasteiger partial charge in [0.05, 0.1) is 9.92 Å². The van der Waals surface area contributed by atoms with Crippen molar-refractivity contribution in [2.45, 2.75) is 24.8 Å². The number of halogens is 2. The topological polar surface area (TPSA) is 66.4 Å². The highest BCUT2D eigenvalue weighted by atomic mass is 79.9. The SMILES string of the molecule is CC(CO)C(C)NS(=O)(=O)c1ccc(Cl)c(Br)c1. The van der Waals surface area contributed by atoms with Crippen LogP contribution in [0.4, 0.5) is 0 Å². The second kappa shape index (κ2) is 6.34. The van der Waals surface area contributed by atoms with Gasteiger partial charge in [0.25, 0.3) is 0 Å². The molecule has 102 valence electrons. The first-order valence-electron chi connectivity index (χ1n) is 5.36. The van der Waals surface area contributed by atoms with Gasteiger partial charge in [0, 0.05) is 17.1 Å². The van der Waals surface area contributed by atoms with Crippen LogP contribution in [0.5, 0.6) is 0 Å². The van der Waals surface area contributed by atoms with Crippen LogP contribution in [0.2, 0.25) is 5.02 Å². The van der Waals surface area contributed by atoms with Gasteiger partial charge in [0.1, 0.15) is 0 Å². The Morgan fingerprint density at radius 2 is 2.06 bits per heavy atom. The number of hydrogen-bond acceptors (Lipinski definition) is 3. The fraction of sp³-hybridized carbons (Fsp3) is 0.455. The van der Waals surface area contributed by atoms with Gasteiger partial charge in [-0.3, -0.25) is 0 Å². The minimum Gasteiger partial charge on any atom is -0.396 e. The van der Waals surface area contributed by atoms with E-state index in [4.69, 9.17) is 16.7 Å². The summed E-state index contributed by atoms with van der Waals surface area (Å²) in [6.45, 7) is 3.41. The van der Waals surface area contributed by atoms with Crippen molar-refractivity contribution < 1.29 is 13.5 Å². The number of rotatable bonds is 5. The summed E-state index contributed by atoms with van der Waals surface area (Å²) in [5.41, 5.74) is 0. The van der Waals surface area contributed by atoms with Crippen molar-refractivity contribution in [1.29, 1.82) is 0 Å². The molecule has 7 heteroatoms. The van der Waals surface area contributed by atoms with Crippen molar-refractivity contribution >= 4 is 37.6 Å². The van der Waals surface area contributed by atoms with Crippen molar-refractivity contribution in [1.82, 2.24) is 4.72 Å². The second-order valence-corrected chi connectivity index (χ2v) is 7.12. The van der Waals surface area contributed by atoms with Crippen LogP contribution in [0.1, 0.15) is 13.8 Å². The molecular formula is C11H15BrClNO3S. The Labute approximate surface area is 121 Å². The smallest absolute Gasteiger partial charge is 0.240 e. The molecule has 0 radical (unpaired) electrons. The molecule has 1 aromatic rings. The first kappa shape index (κ1) is 15.9. The van der Waals surface area contributed by atoms with Gasteiger partial charge in [-0.2, -0.15) is 0 Å². The third kappa shape index (κ3) is 3.93. The highest BCUT2D eigenvalue weighted by Gasteiger charge is 2.21. The monoisotopic (exact) mass is 355 g/mol. The van der Waals surface area contributed by atoms with Crippen LogP contribution < -0.4 is 4.72 Å². The standard InChI is InChI=1S/C11H15BrClNO3S/c1-7(6-15)8(2)14-18(16,17)9-3-4-11(13)10(12)5-9/h3-5,7-8,14-15H,6H2,1-2H3. The average molecular weight is 357 g/mol. The Morgan fingerprint density at radius 3 is 2.56 bits per heavy atom. The number of aliphatic hydroxyl groups excluding tert-OH is 1. The number of hydrogen-bond donors (Lipinski definition) is 2. The summed E-state index contributed by atoms with van der Waals surface area (Å²) in [7, 11) is -3.60. The van der Waals surface area contributed by atoms with Gasteiger partial charge in [-0.15, -0.1) is 0 Å². The van der Waals surface area contributed by atoms with Crippen molar-refractivity contribution in [3.05, 3.63) is 27.7 Å². The van der Waals surface area contributed by atoms with Gasteiger partial charge >= 0.3 is 0 Å². The van der Waals surface area contributed by atoms with Crippen molar-refractivity contribution in [3.8, 4) is 0 Å². The van der Waals surface area contributed by atoms with Crippen LogP contribution in [0.25, 0.3) is 0 Å². The molecule has 1 rings (SSSR count). The van der Waals surface area contributed by atoms with Crippen LogP contribution in [0.3, 0.4) is 0 Å². The van der Waals surface area contributed by atoms with E-state index in [0.717, 1.165) is 0 Å². The molecule has 18 heavy (non-hydrogen) atoms. The van der Waals surface area contributed by atoms with E-state index in [0.29, 0.717) is 9.50 Å². The predicted molar refractivity (Wildman–Crippen MR) is 75.2 cm³/mol. The van der Waals surface area contributed by atoms with E-state index >= 15 is 0 Å². The molecule has 0 aromatic heterocycles. The maximum absolute atomic E-state index is 12.1. The van der Waals surface area contributed by atoms with Gasteiger partial charge in [-0.05, 0) is 47.0 Å². The van der Waals surface area contributed by atoms with Gasteiger partial charge in [0.2, 0.25) is 10.0 Å². The Morgan fingerprint density at radius 1 is 1.44 bits per heavy atom. The average Bonchev–Trinajstić information content (AvgIpc) is 2.30. The van der Waals surface area contributed by atoms with E-state index in [1.807, 2.05) is 0 Å². The van der Waals surface area contributed by atoms with Gasteiger partial charge in [-0.1, -0.05) is 18.5 Å². The van der Waals surface area contributed by atoms with E-state index in [1.54, 1.807) is 13.8 Å². The molecule has 0 bridgehead atoms. The molecule has 0 aliphatic carbocycles. The molecule has 2 atom stereocenters. The lowest BCUT2D eigenvalue weighted by atomic mass is 10.1. The molecule has 2 unspecified atom stereocenters. The Bertz CT molecular complexity index is 521. The quantitative estimate of drug-likeness (QED) is 0.851. The van der Waals surface area contributed by atoms with E-state index in [2.05, 4.69) is 20.7 Å². The minimum absolute atomic E-state index is 0.0754. The summed E-state index contributed by atoms with van der Waals surface area (Å²) < 4.78 is 27.2. The molecule has 0 saturated carbocycles. The summed E-state index contributed by atoms with van der Waals surface area (Å²) in [5, 5.41) is 9.44. The summed E-state index contributed by atoms with van der Waals surface area (Å²) in [5.74, 6) is -0.157. The summed E-state index contributed by atoms with van der Waals surface area (Å²) >= 11 is 9.00. The van der Waals surface area contributed by atoms with Crippen LogP contribution >= 0.6 is 27.5 Å². The number of nitrogens with one attached hydrogen (secondary N) is 1. The molecule has 0 fully saturated rings. The fourth-order valence-corrected chi connectivity index (χ4v) is 3.26. The normalized spacial score (nSPS) is 15.4. The van der Waals surface area contributed by atoms with E-state index in [-0.39, 0.29) is 23.5 Å². The summed E-state index contributed by atoms with van der Waals surface area (Å²) in [6, 6.07) is 4.04. The molecule has 2 N–H and O–H groups in total. The lowest BCUT2D eigenvalue weighted by Crippen LogP contribution is -2.38. The predicted octanol–water partition coefficient (Wildman–Crippen LogP) is 2.40.